The molecule has 0 N–H and O–H groups in total. The molecule has 2 nitrogen and oxygen atoms in total. The Balaban J connectivity index is 2.40. The van der Waals surface area contributed by atoms with Gasteiger partial charge >= 0.3 is 7.68 Å². The molecular weight excluding hydrogens is 190 g/mol. The second kappa shape index (κ2) is 4.56. The zero-order valence-corrected chi connectivity index (χ0v) is 9.23. The van der Waals surface area contributed by atoms with Gasteiger partial charge in [-0.25, -0.2) is 0 Å². The van der Waals surface area contributed by atoms with Gasteiger partial charge in [-0.3, -0.25) is 4.57 Å². The lowest BCUT2D eigenvalue weighted by molar-refractivity contribution is 0.122. The molecule has 1 aliphatic carbocycles. The molecule has 0 aliphatic heterocycles. The zero-order valence-electron chi connectivity index (χ0n) is 8.33. The van der Waals surface area contributed by atoms with Crippen LogP contribution in [0.2, 0.25) is 0 Å². The van der Waals surface area contributed by atoms with Crippen molar-refractivity contribution in [2.75, 3.05) is 6.16 Å². The van der Waals surface area contributed by atoms with Gasteiger partial charge in [-0.2, -0.15) is 4.20 Å². The van der Waals surface area contributed by atoms with Gasteiger partial charge in [-0.05, 0) is 18.8 Å². The molecule has 78 valence electrons. The van der Waals surface area contributed by atoms with Crippen LogP contribution in [0.15, 0.2) is 0 Å². The number of hydrogen-bond acceptors (Lipinski definition) is 2. The molecule has 3 atom stereocenters. The van der Waals surface area contributed by atoms with Crippen LogP contribution in [0.3, 0.4) is 0 Å². The lowest BCUT2D eigenvalue weighted by Crippen LogP contribution is -2.20. The van der Waals surface area contributed by atoms with Crippen LogP contribution >= 0.6 is 7.68 Å². The summed E-state index contributed by atoms with van der Waals surface area (Å²) >= 11 is 0. The molecule has 1 saturated carbocycles. The Bertz CT molecular complexity index is 208. The maximum Gasteiger partial charge on any atom is 0.367 e. The molecule has 3 unspecified atom stereocenters. The molecule has 1 rings (SSSR count). The first-order valence-corrected chi connectivity index (χ1v) is 6.70. The molecule has 0 aromatic carbocycles. The van der Waals surface area contributed by atoms with Gasteiger partial charge in [-0.1, -0.05) is 26.7 Å². The Hall–Kier alpha value is 0.120. The van der Waals surface area contributed by atoms with Crippen LogP contribution in [0.4, 0.5) is 4.20 Å². The molecule has 0 heterocycles. The van der Waals surface area contributed by atoms with Crippen LogP contribution in [-0.4, -0.2) is 12.3 Å². The molecule has 13 heavy (non-hydrogen) atoms. The second-order valence-electron chi connectivity index (χ2n) is 3.91. The van der Waals surface area contributed by atoms with Gasteiger partial charge in [0, 0.05) is 0 Å². The highest BCUT2D eigenvalue weighted by atomic mass is 31.2. The molecule has 0 aromatic heterocycles. The van der Waals surface area contributed by atoms with Gasteiger partial charge in [0.25, 0.3) is 0 Å². The average molecular weight is 208 g/mol. The van der Waals surface area contributed by atoms with Crippen LogP contribution in [0.5, 0.6) is 0 Å². The van der Waals surface area contributed by atoms with E-state index in [1.54, 1.807) is 6.92 Å². The van der Waals surface area contributed by atoms with Crippen molar-refractivity contribution in [3.8, 4) is 0 Å². The van der Waals surface area contributed by atoms with Crippen LogP contribution in [-0.2, 0) is 9.09 Å². The minimum Gasteiger partial charge on any atom is -0.302 e. The summed E-state index contributed by atoms with van der Waals surface area (Å²) in [6.45, 7) is 3.69. The first-order chi connectivity index (χ1) is 6.03. The lowest BCUT2D eigenvalue weighted by atomic mass is 9.89. The summed E-state index contributed by atoms with van der Waals surface area (Å²) in [4.78, 5) is 0. The molecule has 0 bridgehead atoms. The van der Waals surface area contributed by atoms with Gasteiger partial charge in [-0.15, -0.1) is 0 Å². The SMILES string of the molecule is CCP(=O)(F)OC1CCCC(C)C1. The van der Waals surface area contributed by atoms with Gasteiger partial charge < -0.3 is 4.52 Å². The highest BCUT2D eigenvalue weighted by Gasteiger charge is 2.28. The molecule has 0 saturated heterocycles. The third-order valence-electron chi connectivity index (χ3n) is 2.57. The molecule has 0 aromatic rings. The summed E-state index contributed by atoms with van der Waals surface area (Å²) in [5, 5.41) is 0. The minimum atomic E-state index is -3.77. The predicted molar refractivity (Wildman–Crippen MR) is 51.8 cm³/mol. The summed E-state index contributed by atoms with van der Waals surface area (Å²) in [6.07, 6.45) is 3.85. The van der Waals surface area contributed by atoms with E-state index in [9.17, 15) is 8.76 Å². The Morgan fingerprint density at radius 1 is 1.54 bits per heavy atom. The van der Waals surface area contributed by atoms with E-state index in [-0.39, 0.29) is 12.3 Å². The summed E-state index contributed by atoms with van der Waals surface area (Å²) in [5.41, 5.74) is 0. The Kier molecular flexibility index (Phi) is 3.93. The largest absolute Gasteiger partial charge is 0.367 e. The summed E-state index contributed by atoms with van der Waals surface area (Å²) in [6, 6.07) is 0. The van der Waals surface area contributed by atoms with Crippen molar-refractivity contribution in [1.82, 2.24) is 0 Å². The monoisotopic (exact) mass is 208 g/mol. The molecule has 1 fully saturated rings. The maximum atomic E-state index is 13.1. The van der Waals surface area contributed by atoms with Crippen molar-refractivity contribution in [3.63, 3.8) is 0 Å². The van der Waals surface area contributed by atoms with Crippen LogP contribution in [0, 0.1) is 5.92 Å². The van der Waals surface area contributed by atoms with Crippen molar-refractivity contribution in [2.24, 2.45) is 5.92 Å². The average Bonchev–Trinajstić information content (AvgIpc) is 2.03. The van der Waals surface area contributed by atoms with Crippen molar-refractivity contribution < 1.29 is 13.3 Å². The highest BCUT2D eigenvalue weighted by Crippen LogP contribution is 2.51. The predicted octanol–water partition coefficient (Wildman–Crippen LogP) is 3.76. The molecule has 0 radical (unpaired) electrons. The molecule has 1 aliphatic rings. The Morgan fingerprint density at radius 3 is 2.77 bits per heavy atom. The molecular formula is C9H18FO2P. The molecule has 4 heteroatoms. The van der Waals surface area contributed by atoms with E-state index in [4.69, 9.17) is 4.52 Å². The smallest absolute Gasteiger partial charge is 0.302 e. The van der Waals surface area contributed by atoms with E-state index >= 15 is 0 Å². The van der Waals surface area contributed by atoms with Crippen LogP contribution < -0.4 is 0 Å². The van der Waals surface area contributed by atoms with Crippen LogP contribution in [0.25, 0.3) is 0 Å². The van der Waals surface area contributed by atoms with E-state index < -0.39 is 7.68 Å². The van der Waals surface area contributed by atoms with E-state index in [0.717, 1.165) is 19.3 Å². The second-order valence-corrected chi connectivity index (χ2v) is 5.93. The first kappa shape index (κ1) is 11.2. The number of halogens is 1. The van der Waals surface area contributed by atoms with Gasteiger partial charge in [0.2, 0.25) is 0 Å². The fourth-order valence-electron chi connectivity index (χ4n) is 1.77. The van der Waals surface area contributed by atoms with Crippen molar-refractivity contribution in [2.45, 2.75) is 45.6 Å². The molecule has 0 amide bonds. The van der Waals surface area contributed by atoms with E-state index in [0.29, 0.717) is 5.92 Å². The quantitative estimate of drug-likeness (QED) is 0.660. The van der Waals surface area contributed by atoms with Gasteiger partial charge in [0.1, 0.15) is 0 Å². The van der Waals surface area contributed by atoms with Crippen molar-refractivity contribution in [3.05, 3.63) is 0 Å². The summed E-state index contributed by atoms with van der Waals surface area (Å²) in [5.74, 6) is 0.579. The highest BCUT2D eigenvalue weighted by molar-refractivity contribution is 7.53. The third-order valence-corrected chi connectivity index (χ3v) is 3.94. The Morgan fingerprint density at radius 2 is 2.23 bits per heavy atom. The minimum absolute atomic E-state index is 0.00210. The van der Waals surface area contributed by atoms with Gasteiger partial charge in [0.15, 0.2) is 0 Å². The van der Waals surface area contributed by atoms with E-state index in [1.807, 2.05) is 0 Å². The van der Waals surface area contributed by atoms with Crippen LogP contribution in [0.1, 0.15) is 39.5 Å². The van der Waals surface area contributed by atoms with Gasteiger partial charge in [0.05, 0.1) is 12.3 Å². The zero-order chi connectivity index (χ0) is 9.90. The Labute approximate surface area is 79.4 Å². The number of rotatable bonds is 3. The summed E-state index contributed by atoms with van der Waals surface area (Å²) < 4.78 is 29.1. The van der Waals surface area contributed by atoms with Crippen molar-refractivity contribution in [1.29, 1.82) is 0 Å². The first-order valence-electron chi connectivity index (χ1n) is 5.00. The normalized spacial score (nSPS) is 34.1. The van der Waals surface area contributed by atoms with E-state index in [2.05, 4.69) is 6.92 Å². The van der Waals surface area contributed by atoms with Crippen molar-refractivity contribution >= 4 is 7.68 Å². The lowest BCUT2D eigenvalue weighted by Gasteiger charge is -2.27. The summed E-state index contributed by atoms with van der Waals surface area (Å²) in [7, 11) is -3.77. The van der Waals surface area contributed by atoms with E-state index in [1.165, 1.54) is 6.42 Å². The standard InChI is InChI=1S/C9H18FO2P/c1-3-13(10,11)12-9-6-4-5-8(2)7-9/h8-9H,3-7H2,1-2H3. The topological polar surface area (TPSA) is 26.3 Å². The maximum absolute atomic E-state index is 13.1. The number of hydrogen-bond donors (Lipinski definition) is 0. The fraction of sp³-hybridized carbons (Fsp3) is 1.00. The third kappa shape index (κ3) is 3.78. The molecule has 0 spiro atoms. The fourth-order valence-corrected chi connectivity index (χ4v) is 2.56.